The summed E-state index contributed by atoms with van der Waals surface area (Å²) in [5, 5.41) is 3.73. The Morgan fingerprint density at radius 3 is 2.77 bits per heavy atom. The number of nitrogens with one attached hydrogen (secondary N) is 1. The fourth-order valence-electron chi connectivity index (χ4n) is 2.49. The molecular formula is C20H17BrClFN2O. The van der Waals surface area contributed by atoms with Gasteiger partial charge in [-0.25, -0.2) is 4.39 Å². The maximum atomic E-state index is 13.9. The standard InChI is InChI=1S/C20H17BrClFN2O/c21-16-6-7-20(26-13-17-18(22)4-1-5-19(17)23)15(9-16)12-25-11-14-3-2-8-24-10-14/h1-10,25H,11-13H2. The molecule has 0 atom stereocenters. The lowest BCUT2D eigenvalue weighted by Crippen LogP contribution is -2.14. The van der Waals surface area contributed by atoms with Crippen LogP contribution in [0.5, 0.6) is 5.75 Å². The van der Waals surface area contributed by atoms with Crippen molar-refractivity contribution in [1.29, 1.82) is 0 Å². The Balaban J connectivity index is 1.67. The second-order valence-corrected chi connectivity index (χ2v) is 7.03. The van der Waals surface area contributed by atoms with Gasteiger partial charge in [0.2, 0.25) is 0 Å². The number of ether oxygens (including phenoxy) is 1. The van der Waals surface area contributed by atoms with Gasteiger partial charge in [0.15, 0.2) is 0 Å². The number of nitrogens with zero attached hydrogens (tertiary/aromatic N) is 1. The molecule has 0 aliphatic carbocycles. The molecule has 6 heteroatoms. The molecule has 3 aromatic rings. The molecular weight excluding hydrogens is 419 g/mol. The Bertz CT molecular complexity index is 857. The predicted molar refractivity (Wildman–Crippen MR) is 105 cm³/mol. The van der Waals surface area contributed by atoms with Gasteiger partial charge in [0.1, 0.15) is 18.2 Å². The molecule has 1 heterocycles. The number of pyridine rings is 1. The van der Waals surface area contributed by atoms with Crippen molar-refractivity contribution in [2.24, 2.45) is 0 Å². The van der Waals surface area contributed by atoms with Crippen molar-refractivity contribution in [1.82, 2.24) is 10.3 Å². The van der Waals surface area contributed by atoms with Gasteiger partial charge >= 0.3 is 0 Å². The van der Waals surface area contributed by atoms with E-state index in [1.165, 1.54) is 6.07 Å². The van der Waals surface area contributed by atoms with E-state index in [9.17, 15) is 4.39 Å². The van der Waals surface area contributed by atoms with E-state index in [-0.39, 0.29) is 12.4 Å². The van der Waals surface area contributed by atoms with Crippen LogP contribution in [0.15, 0.2) is 65.4 Å². The summed E-state index contributed by atoms with van der Waals surface area (Å²) in [5.41, 5.74) is 2.42. The van der Waals surface area contributed by atoms with Gasteiger partial charge in [-0.3, -0.25) is 4.98 Å². The van der Waals surface area contributed by atoms with Gasteiger partial charge < -0.3 is 10.1 Å². The summed E-state index contributed by atoms with van der Waals surface area (Å²) in [7, 11) is 0. The molecule has 3 nitrogen and oxygen atoms in total. The highest BCUT2D eigenvalue weighted by atomic mass is 79.9. The molecule has 0 aliphatic rings. The maximum absolute atomic E-state index is 13.9. The van der Waals surface area contributed by atoms with E-state index in [0.717, 1.165) is 15.6 Å². The average molecular weight is 436 g/mol. The van der Waals surface area contributed by atoms with Crippen molar-refractivity contribution in [3.8, 4) is 5.75 Å². The maximum Gasteiger partial charge on any atom is 0.131 e. The summed E-state index contributed by atoms with van der Waals surface area (Å²) in [6, 6.07) is 14.3. The molecule has 3 rings (SSSR count). The minimum absolute atomic E-state index is 0.0722. The highest BCUT2D eigenvalue weighted by Crippen LogP contribution is 2.26. The Hall–Kier alpha value is -1.95. The van der Waals surface area contributed by atoms with Gasteiger partial charge in [0.25, 0.3) is 0 Å². The fourth-order valence-corrected chi connectivity index (χ4v) is 3.12. The van der Waals surface area contributed by atoms with E-state index in [1.54, 1.807) is 18.3 Å². The molecule has 0 unspecified atom stereocenters. The van der Waals surface area contributed by atoms with E-state index in [1.807, 2.05) is 36.5 Å². The molecule has 2 aromatic carbocycles. The summed E-state index contributed by atoms with van der Waals surface area (Å²) in [6.07, 6.45) is 3.57. The molecule has 0 saturated heterocycles. The number of hydrogen-bond acceptors (Lipinski definition) is 3. The average Bonchev–Trinajstić information content (AvgIpc) is 2.64. The van der Waals surface area contributed by atoms with Gasteiger partial charge in [-0.1, -0.05) is 39.7 Å². The van der Waals surface area contributed by atoms with Crippen LogP contribution in [0.2, 0.25) is 5.02 Å². The largest absolute Gasteiger partial charge is 0.488 e. The van der Waals surface area contributed by atoms with Gasteiger partial charge in [-0.2, -0.15) is 0 Å². The Morgan fingerprint density at radius 1 is 1.12 bits per heavy atom. The number of halogens is 3. The van der Waals surface area contributed by atoms with Crippen molar-refractivity contribution in [2.45, 2.75) is 19.7 Å². The first kappa shape index (κ1) is 18.8. The minimum Gasteiger partial charge on any atom is -0.488 e. The zero-order valence-corrected chi connectivity index (χ0v) is 16.2. The third kappa shape index (κ3) is 5.04. The summed E-state index contributed by atoms with van der Waals surface area (Å²) >= 11 is 9.54. The topological polar surface area (TPSA) is 34.1 Å². The van der Waals surface area contributed by atoms with Crippen molar-refractivity contribution >= 4 is 27.5 Å². The van der Waals surface area contributed by atoms with Gasteiger partial charge in [0.05, 0.1) is 5.02 Å². The Labute approximate surface area is 165 Å². The molecule has 0 saturated carbocycles. The lowest BCUT2D eigenvalue weighted by atomic mass is 10.2. The predicted octanol–water partition coefficient (Wildman–Crippen LogP) is 5.51. The van der Waals surface area contributed by atoms with E-state index < -0.39 is 0 Å². The van der Waals surface area contributed by atoms with Crippen LogP contribution in [0.25, 0.3) is 0 Å². The first-order valence-corrected chi connectivity index (χ1v) is 9.24. The van der Waals surface area contributed by atoms with Gasteiger partial charge in [-0.15, -0.1) is 0 Å². The van der Waals surface area contributed by atoms with E-state index in [0.29, 0.717) is 29.4 Å². The molecule has 0 radical (unpaired) electrons. The smallest absolute Gasteiger partial charge is 0.131 e. The minimum atomic E-state index is -0.370. The van der Waals surface area contributed by atoms with Crippen molar-refractivity contribution in [3.05, 3.63) is 92.9 Å². The Kier molecular flexibility index (Phi) is 6.61. The second-order valence-electron chi connectivity index (χ2n) is 5.71. The van der Waals surface area contributed by atoms with Gasteiger partial charge in [-0.05, 0) is 42.0 Å². The van der Waals surface area contributed by atoms with Crippen LogP contribution in [0.3, 0.4) is 0 Å². The number of hydrogen-bond donors (Lipinski definition) is 1. The van der Waals surface area contributed by atoms with E-state index in [2.05, 4.69) is 26.2 Å². The number of aromatic nitrogens is 1. The quantitative estimate of drug-likeness (QED) is 0.532. The van der Waals surface area contributed by atoms with E-state index in [4.69, 9.17) is 16.3 Å². The summed E-state index contributed by atoms with van der Waals surface area (Å²) in [6.45, 7) is 1.37. The van der Waals surface area contributed by atoms with Crippen LogP contribution in [-0.2, 0) is 19.7 Å². The molecule has 1 aromatic heterocycles. The molecule has 0 aliphatic heterocycles. The van der Waals surface area contributed by atoms with Crippen LogP contribution < -0.4 is 10.1 Å². The normalized spacial score (nSPS) is 10.7. The van der Waals surface area contributed by atoms with E-state index >= 15 is 0 Å². The molecule has 0 spiro atoms. The first-order valence-electron chi connectivity index (χ1n) is 8.07. The lowest BCUT2D eigenvalue weighted by Gasteiger charge is -2.14. The highest BCUT2D eigenvalue weighted by Gasteiger charge is 2.10. The summed E-state index contributed by atoms with van der Waals surface area (Å²) < 4.78 is 20.7. The van der Waals surface area contributed by atoms with Crippen molar-refractivity contribution in [3.63, 3.8) is 0 Å². The molecule has 134 valence electrons. The van der Waals surface area contributed by atoms with Crippen LogP contribution in [0.1, 0.15) is 16.7 Å². The van der Waals surface area contributed by atoms with Crippen LogP contribution in [0, 0.1) is 5.82 Å². The molecule has 0 bridgehead atoms. The number of rotatable bonds is 7. The SMILES string of the molecule is Fc1cccc(Cl)c1COc1ccc(Br)cc1CNCc1cccnc1. The van der Waals surface area contributed by atoms with Crippen molar-refractivity contribution < 1.29 is 9.13 Å². The Morgan fingerprint density at radius 2 is 2.00 bits per heavy atom. The second kappa shape index (κ2) is 9.12. The van der Waals surface area contributed by atoms with Crippen LogP contribution in [0.4, 0.5) is 4.39 Å². The van der Waals surface area contributed by atoms with Crippen molar-refractivity contribution in [2.75, 3.05) is 0 Å². The lowest BCUT2D eigenvalue weighted by molar-refractivity contribution is 0.296. The number of benzene rings is 2. The molecule has 1 N–H and O–H groups in total. The van der Waals surface area contributed by atoms with Crippen LogP contribution in [-0.4, -0.2) is 4.98 Å². The molecule has 26 heavy (non-hydrogen) atoms. The fraction of sp³-hybridized carbons (Fsp3) is 0.150. The monoisotopic (exact) mass is 434 g/mol. The summed E-state index contributed by atoms with van der Waals surface area (Å²) in [5.74, 6) is 0.317. The van der Waals surface area contributed by atoms with Crippen LogP contribution >= 0.6 is 27.5 Å². The third-order valence-corrected chi connectivity index (χ3v) is 4.67. The van der Waals surface area contributed by atoms with Gasteiger partial charge in [0, 0.05) is 41.1 Å². The first-order chi connectivity index (χ1) is 12.6. The highest BCUT2D eigenvalue weighted by molar-refractivity contribution is 9.10. The molecule has 0 fully saturated rings. The summed E-state index contributed by atoms with van der Waals surface area (Å²) in [4.78, 5) is 4.10. The zero-order valence-electron chi connectivity index (χ0n) is 13.9. The zero-order chi connectivity index (χ0) is 18.4. The molecule has 0 amide bonds. The third-order valence-electron chi connectivity index (χ3n) is 3.82.